The average molecular weight is 849 g/mol. The van der Waals surface area contributed by atoms with E-state index >= 15 is 0 Å². The third kappa shape index (κ3) is 44.8. The molecule has 0 aliphatic rings. The zero-order valence-corrected chi connectivity index (χ0v) is 39.1. The number of quaternary nitrogens is 1. The van der Waals surface area contributed by atoms with Crippen LogP contribution in [0.5, 0.6) is 0 Å². The number of esters is 2. The average Bonchev–Trinajstić information content (AvgIpc) is 3.19. The molecule has 9 nitrogen and oxygen atoms in total. The third-order valence-electron chi connectivity index (χ3n) is 9.47. The SMILES string of the molecule is CC/C=C\C/C=C\C/C=C\C/C=C\CCCCCCCCC(=O)OC(COC(=O)CCCCCCC/C=C\C/C=C\CCCCCC)COP(=O)(O)OCC[N+](C)(C)C. The van der Waals surface area contributed by atoms with Gasteiger partial charge in [-0.2, -0.15) is 0 Å². The van der Waals surface area contributed by atoms with Crippen LogP contribution in [0.25, 0.3) is 0 Å². The van der Waals surface area contributed by atoms with E-state index < -0.39 is 26.5 Å². The first kappa shape index (κ1) is 56.5. The number of hydrogen-bond acceptors (Lipinski definition) is 7. The van der Waals surface area contributed by atoms with Crippen LogP contribution in [0.1, 0.15) is 174 Å². The van der Waals surface area contributed by atoms with Crippen molar-refractivity contribution in [3.05, 3.63) is 72.9 Å². The molecule has 59 heavy (non-hydrogen) atoms. The lowest BCUT2D eigenvalue weighted by molar-refractivity contribution is -0.870. The molecule has 340 valence electrons. The summed E-state index contributed by atoms with van der Waals surface area (Å²) in [6.45, 7) is 4.25. The van der Waals surface area contributed by atoms with Gasteiger partial charge in [0.15, 0.2) is 6.10 Å². The van der Waals surface area contributed by atoms with Crippen molar-refractivity contribution in [1.82, 2.24) is 0 Å². The molecule has 0 amide bonds. The molecule has 0 aromatic heterocycles. The van der Waals surface area contributed by atoms with Gasteiger partial charge in [-0.3, -0.25) is 18.6 Å². The minimum absolute atomic E-state index is 0.0226. The van der Waals surface area contributed by atoms with Gasteiger partial charge >= 0.3 is 19.8 Å². The Balaban J connectivity index is 4.39. The number of phosphoric ester groups is 1. The van der Waals surface area contributed by atoms with Crippen LogP contribution in [0.2, 0.25) is 0 Å². The summed E-state index contributed by atoms with van der Waals surface area (Å²) in [4.78, 5) is 35.4. The van der Waals surface area contributed by atoms with E-state index in [0.717, 1.165) is 109 Å². The van der Waals surface area contributed by atoms with Crippen molar-refractivity contribution in [2.45, 2.75) is 180 Å². The smallest absolute Gasteiger partial charge is 0.462 e. The van der Waals surface area contributed by atoms with Crippen LogP contribution in [0.3, 0.4) is 0 Å². The van der Waals surface area contributed by atoms with Crippen molar-refractivity contribution in [3.8, 4) is 0 Å². The molecule has 0 aromatic carbocycles. The van der Waals surface area contributed by atoms with Crippen molar-refractivity contribution in [3.63, 3.8) is 0 Å². The molecule has 0 radical (unpaired) electrons. The minimum atomic E-state index is -4.39. The molecule has 0 bridgehead atoms. The largest absolute Gasteiger partial charge is 0.472 e. The summed E-state index contributed by atoms with van der Waals surface area (Å²) in [6.07, 6.45) is 50.8. The molecule has 0 heterocycles. The summed E-state index contributed by atoms with van der Waals surface area (Å²) in [6, 6.07) is 0. The van der Waals surface area contributed by atoms with E-state index in [1.54, 1.807) is 0 Å². The van der Waals surface area contributed by atoms with Crippen molar-refractivity contribution >= 4 is 19.8 Å². The maximum Gasteiger partial charge on any atom is 0.472 e. The monoisotopic (exact) mass is 849 g/mol. The molecule has 0 spiro atoms. The highest BCUT2D eigenvalue weighted by Crippen LogP contribution is 2.43. The van der Waals surface area contributed by atoms with Gasteiger partial charge in [0.2, 0.25) is 0 Å². The van der Waals surface area contributed by atoms with Gasteiger partial charge in [-0.25, -0.2) is 4.57 Å². The number of unbranched alkanes of at least 4 members (excludes halogenated alkanes) is 15. The van der Waals surface area contributed by atoms with Crippen molar-refractivity contribution in [2.24, 2.45) is 0 Å². The van der Waals surface area contributed by atoms with Gasteiger partial charge in [-0.15, -0.1) is 0 Å². The molecule has 0 aromatic rings. The number of hydrogen-bond donors (Lipinski definition) is 1. The molecule has 2 unspecified atom stereocenters. The molecular weight excluding hydrogens is 762 g/mol. The van der Waals surface area contributed by atoms with Crippen molar-refractivity contribution in [2.75, 3.05) is 47.5 Å². The van der Waals surface area contributed by atoms with Crippen molar-refractivity contribution in [1.29, 1.82) is 0 Å². The lowest BCUT2D eigenvalue weighted by atomic mass is 10.1. The Labute approximate surface area is 361 Å². The fourth-order valence-electron chi connectivity index (χ4n) is 5.86. The summed E-state index contributed by atoms with van der Waals surface area (Å²) in [7, 11) is 1.45. The van der Waals surface area contributed by atoms with Crippen LogP contribution < -0.4 is 0 Å². The number of rotatable bonds is 41. The van der Waals surface area contributed by atoms with Gasteiger partial charge in [0.1, 0.15) is 19.8 Å². The Morgan fingerprint density at radius 2 is 0.966 bits per heavy atom. The number of nitrogens with zero attached hydrogens (tertiary/aromatic N) is 1. The number of carbonyl (C=O) groups is 2. The van der Waals surface area contributed by atoms with Gasteiger partial charge in [0.25, 0.3) is 0 Å². The second kappa shape index (κ2) is 40.8. The summed E-state index contributed by atoms with van der Waals surface area (Å²) in [5, 5.41) is 0. The van der Waals surface area contributed by atoms with E-state index in [1.165, 1.54) is 32.1 Å². The standard InChI is InChI=1S/C49H86NO8P/c1-6-8-10-12-14-16-18-20-22-24-25-26-28-30-32-34-36-38-40-42-49(52)58-47(46-57-59(53,54)56-44-43-50(3,4)5)45-55-48(51)41-39-37-35-33-31-29-27-23-21-19-17-15-13-11-9-7-2/h8,10,14,16-17,19-20,22-23,25-27,47H,6-7,9,11-13,15,18,21,24,28-46H2,1-5H3/p+1/b10-8-,16-14-,19-17-,22-20-,26-25-,27-23-. The fourth-order valence-corrected chi connectivity index (χ4v) is 6.60. The van der Waals surface area contributed by atoms with E-state index in [2.05, 4.69) is 86.8 Å². The quantitative estimate of drug-likeness (QED) is 0.0213. The first-order chi connectivity index (χ1) is 28.5. The van der Waals surface area contributed by atoms with E-state index in [1.807, 2.05) is 21.1 Å². The normalized spacial score (nSPS) is 14.2. The number of carbonyl (C=O) groups excluding carboxylic acids is 2. The predicted octanol–water partition coefficient (Wildman–Crippen LogP) is 13.4. The molecule has 2 atom stereocenters. The first-order valence-corrected chi connectivity index (χ1v) is 24.7. The van der Waals surface area contributed by atoms with Gasteiger partial charge in [0.05, 0.1) is 27.7 Å². The molecule has 10 heteroatoms. The highest BCUT2D eigenvalue weighted by Gasteiger charge is 2.27. The summed E-state index contributed by atoms with van der Waals surface area (Å²) < 4.78 is 34.3. The molecular formula is C49H87NO8P+. The Hall–Kier alpha value is -2.55. The maximum absolute atomic E-state index is 12.7. The second-order valence-corrected chi connectivity index (χ2v) is 17.9. The first-order valence-electron chi connectivity index (χ1n) is 23.2. The van der Waals surface area contributed by atoms with E-state index in [-0.39, 0.29) is 32.0 Å². The van der Waals surface area contributed by atoms with Gasteiger partial charge in [0, 0.05) is 12.8 Å². The number of phosphoric acid groups is 1. The molecule has 0 saturated carbocycles. The van der Waals surface area contributed by atoms with Gasteiger partial charge < -0.3 is 18.9 Å². The minimum Gasteiger partial charge on any atom is -0.462 e. The predicted molar refractivity (Wildman–Crippen MR) is 247 cm³/mol. The van der Waals surface area contributed by atoms with Gasteiger partial charge in [-0.1, -0.05) is 151 Å². The third-order valence-corrected chi connectivity index (χ3v) is 10.5. The molecule has 0 saturated heterocycles. The molecule has 0 aliphatic carbocycles. The van der Waals surface area contributed by atoms with Crippen molar-refractivity contribution < 1.29 is 42.1 Å². The van der Waals surface area contributed by atoms with E-state index in [0.29, 0.717) is 17.4 Å². The molecule has 0 aliphatic heterocycles. The topological polar surface area (TPSA) is 108 Å². The zero-order valence-electron chi connectivity index (χ0n) is 38.2. The second-order valence-electron chi connectivity index (χ2n) is 16.4. The Morgan fingerprint density at radius 1 is 0.542 bits per heavy atom. The fraction of sp³-hybridized carbons (Fsp3) is 0.714. The molecule has 0 rings (SSSR count). The Morgan fingerprint density at radius 3 is 1.44 bits per heavy atom. The highest BCUT2D eigenvalue weighted by molar-refractivity contribution is 7.47. The van der Waals surface area contributed by atoms with E-state index in [4.69, 9.17) is 18.5 Å². The Bertz CT molecular complexity index is 1230. The van der Waals surface area contributed by atoms with Crippen LogP contribution in [0.15, 0.2) is 72.9 Å². The van der Waals surface area contributed by atoms with Crippen LogP contribution in [0.4, 0.5) is 0 Å². The summed E-state index contributed by atoms with van der Waals surface area (Å²) in [5.41, 5.74) is 0. The Kier molecular flexibility index (Phi) is 39.1. The summed E-state index contributed by atoms with van der Waals surface area (Å²) in [5.74, 6) is -0.836. The van der Waals surface area contributed by atoms with Gasteiger partial charge in [-0.05, 0) is 83.5 Å². The number of allylic oxidation sites excluding steroid dienone is 12. The highest BCUT2D eigenvalue weighted by atomic mass is 31.2. The summed E-state index contributed by atoms with van der Waals surface area (Å²) >= 11 is 0. The molecule has 0 fully saturated rings. The van der Waals surface area contributed by atoms with Crippen LogP contribution in [-0.2, 0) is 32.7 Å². The lowest BCUT2D eigenvalue weighted by Gasteiger charge is -2.24. The van der Waals surface area contributed by atoms with Crippen LogP contribution >= 0.6 is 7.82 Å². The van der Waals surface area contributed by atoms with E-state index in [9.17, 15) is 19.0 Å². The van der Waals surface area contributed by atoms with Crippen LogP contribution in [-0.4, -0.2) is 74.9 Å². The van der Waals surface area contributed by atoms with Crippen LogP contribution in [0, 0.1) is 0 Å². The molecule has 1 N–H and O–H groups in total. The lowest BCUT2D eigenvalue weighted by Crippen LogP contribution is -2.37. The zero-order chi connectivity index (χ0) is 43.6. The number of ether oxygens (including phenoxy) is 2. The maximum atomic E-state index is 12.7. The number of likely N-dealkylation sites (N-methyl/N-ethyl adjacent to an activating group) is 1.